The minimum atomic E-state index is -1.02. The van der Waals surface area contributed by atoms with Gasteiger partial charge in [0.15, 0.2) is 0 Å². The summed E-state index contributed by atoms with van der Waals surface area (Å²) in [5.41, 5.74) is 0.447. The summed E-state index contributed by atoms with van der Waals surface area (Å²) in [4.78, 5) is 24.4. The second-order valence-electron chi connectivity index (χ2n) is 4.84. The maximum absolute atomic E-state index is 12.5. The minimum absolute atomic E-state index is 0.111. The number of carbonyl (C=O) groups is 1. The van der Waals surface area contributed by atoms with Gasteiger partial charge in [0.1, 0.15) is 0 Å². The fourth-order valence-electron chi connectivity index (χ4n) is 2.32. The van der Waals surface area contributed by atoms with Crippen molar-refractivity contribution in [3.63, 3.8) is 0 Å². The molecule has 0 fully saturated rings. The van der Waals surface area contributed by atoms with Crippen molar-refractivity contribution in [2.45, 2.75) is 11.4 Å². The number of rotatable bonds is 3. The monoisotopic (exact) mass is 312 g/mol. The molecule has 0 bridgehead atoms. The number of carboxylic acids is 1. The van der Waals surface area contributed by atoms with Gasteiger partial charge < -0.3 is 5.11 Å². The maximum Gasteiger partial charge on any atom is 0.336 e. The molecule has 0 amide bonds. The van der Waals surface area contributed by atoms with Crippen molar-refractivity contribution in [2.75, 3.05) is 0 Å². The van der Waals surface area contributed by atoms with E-state index >= 15 is 0 Å². The number of carboxylic acid groups (broad SMARTS) is 1. The van der Waals surface area contributed by atoms with Gasteiger partial charge in [0.2, 0.25) is 0 Å². The lowest BCUT2D eigenvalue weighted by Crippen LogP contribution is -2.24. The van der Waals surface area contributed by atoms with Gasteiger partial charge in [-0.1, -0.05) is 18.2 Å². The fraction of sp³-hybridized carbons (Fsp3) is 0.0625. The summed E-state index contributed by atoms with van der Waals surface area (Å²) < 4.78 is 1.27. The highest BCUT2D eigenvalue weighted by molar-refractivity contribution is 7.80. The van der Waals surface area contributed by atoms with Crippen LogP contribution in [0.15, 0.2) is 58.4 Å². The van der Waals surface area contributed by atoms with Crippen molar-refractivity contribution >= 4 is 29.4 Å². The van der Waals surface area contributed by atoms with E-state index in [-0.39, 0.29) is 17.7 Å². The normalized spacial score (nSPS) is 10.8. The van der Waals surface area contributed by atoms with Crippen LogP contribution in [-0.2, 0) is 6.54 Å². The molecule has 3 rings (SSSR count). The Hall–Kier alpha value is -2.60. The van der Waals surface area contributed by atoms with E-state index in [1.165, 1.54) is 10.7 Å². The molecule has 0 saturated heterocycles. The van der Waals surface area contributed by atoms with Crippen LogP contribution in [-0.4, -0.2) is 20.9 Å². The van der Waals surface area contributed by atoms with Crippen molar-refractivity contribution in [3.05, 3.63) is 70.1 Å². The summed E-state index contributed by atoms with van der Waals surface area (Å²) in [5, 5.41) is 14.6. The van der Waals surface area contributed by atoms with Crippen LogP contribution >= 0.6 is 12.6 Å². The molecule has 110 valence electrons. The van der Waals surface area contributed by atoms with Crippen LogP contribution < -0.4 is 5.56 Å². The second kappa shape index (κ2) is 5.65. The molecule has 1 N–H and O–H groups in total. The summed E-state index contributed by atoms with van der Waals surface area (Å²) in [6.07, 6.45) is 1.58. The van der Waals surface area contributed by atoms with Gasteiger partial charge in [-0.05, 0) is 29.8 Å². The van der Waals surface area contributed by atoms with Gasteiger partial charge in [0.25, 0.3) is 5.56 Å². The zero-order valence-electron chi connectivity index (χ0n) is 11.4. The molecule has 5 nitrogen and oxygen atoms in total. The Morgan fingerprint density at radius 3 is 2.77 bits per heavy atom. The van der Waals surface area contributed by atoms with Crippen molar-refractivity contribution in [1.82, 2.24) is 9.78 Å². The molecule has 0 unspecified atom stereocenters. The smallest absolute Gasteiger partial charge is 0.336 e. The number of fused-ring (bicyclic) bond motifs is 1. The Kier molecular flexibility index (Phi) is 3.68. The molecule has 0 aliphatic rings. The highest BCUT2D eigenvalue weighted by Gasteiger charge is 2.11. The Balaban J connectivity index is 2.09. The predicted octanol–water partition coefficient (Wildman–Crippen LogP) is 2.43. The standard InChI is InChI=1S/C16H12N2O3S/c19-15-13-6-5-12(22)7-11(13)8-17-18(15)9-10-3-1-2-4-14(10)16(20)21/h1-8,22H,9H2,(H,20,21). The molecule has 0 aliphatic heterocycles. The highest BCUT2D eigenvalue weighted by Crippen LogP contribution is 2.15. The molecule has 0 atom stereocenters. The van der Waals surface area contributed by atoms with Gasteiger partial charge in [-0.3, -0.25) is 4.79 Å². The molecule has 1 heterocycles. The molecule has 22 heavy (non-hydrogen) atoms. The number of hydrogen-bond donors (Lipinski definition) is 2. The number of benzene rings is 2. The number of thiol groups is 1. The van der Waals surface area contributed by atoms with Crippen molar-refractivity contribution in [1.29, 1.82) is 0 Å². The first-order valence-corrected chi connectivity index (χ1v) is 7.01. The lowest BCUT2D eigenvalue weighted by Gasteiger charge is -2.08. The van der Waals surface area contributed by atoms with E-state index in [1.807, 2.05) is 0 Å². The molecule has 3 aromatic rings. The van der Waals surface area contributed by atoms with E-state index in [0.29, 0.717) is 16.3 Å². The molecule has 6 heteroatoms. The number of aromatic nitrogens is 2. The van der Waals surface area contributed by atoms with Crippen LogP contribution in [0.1, 0.15) is 15.9 Å². The summed E-state index contributed by atoms with van der Waals surface area (Å²) in [7, 11) is 0. The Morgan fingerprint density at radius 2 is 2.00 bits per heavy atom. The summed E-state index contributed by atoms with van der Waals surface area (Å²) >= 11 is 4.23. The Bertz CT molecular complexity index is 934. The third-order valence-electron chi connectivity index (χ3n) is 3.40. The van der Waals surface area contributed by atoms with Crippen LogP contribution in [0, 0.1) is 0 Å². The molecule has 1 aromatic heterocycles. The lowest BCUT2D eigenvalue weighted by molar-refractivity contribution is 0.0695. The molecule has 0 radical (unpaired) electrons. The summed E-state index contributed by atoms with van der Waals surface area (Å²) in [5.74, 6) is -1.02. The quantitative estimate of drug-likeness (QED) is 0.729. The first-order valence-electron chi connectivity index (χ1n) is 6.56. The molecule has 2 aromatic carbocycles. The zero-order valence-corrected chi connectivity index (χ0v) is 12.3. The zero-order chi connectivity index (χ0) is 15.7. The SMILES string of the molecule is O=C(O)c1ccccc1Cn1ncc2cc(S)ccc2c1=O. The van der Waals surface area contributed by atoms with Crippen LogP contribution in [0.5, 0.6) is 0 Å². The topological polar surface area (TPSA) is 72.2 Å². The minimum Gasteiger partial charge on any atom is -0.478 e. The van der Waals surface area contributed by atoms with Crippen LogP contribution in [0.4, 0.5) is 0 Å². The summed E-state index contributed by atoms with van der Waals surface area (Å²) in [6.45, 7) is 0.111. The van der Waals surface area contributed by atoms with Gasteiger partial charge in [-0.25, -0.2) is 9.48 Å². The Labute approximate surface area is 131 Å². The van der Waals surface area contributed by atoms with Crippen LogP contribution in [0.2, 0.25) is 0 Å². The molecule has 0 aliphatic carbocycles. The van der Waals surface area contributed by atoms with E-state index in [2.05, 4.69) is 17.7 Å². The van der Waals surface area contributed by atoms with E-state index in [0.717, 1.165) is 4.90 Å². The van der Waals surface area contributed by atoms with E-state index in [9.17, 15) is 14.7 Å². The predicted molar refractivity (Wildman–Crippen MR) is 85.8 cm³/mol. The van der Waals surface area contributed by atoms with Gasteiger partial charge in [0.05, 0.1) is 23.7 Å². The third kappa shape index (κ3) is 2.60. The third-order valence-corrected chi connectivity index (χ3v) is 3.68. The Morgan fingerprint density at radius 1 is 1.23 bits per heavy atom. The van der Waals surface area contributed by atoms with Gasteiger partial charge in [-0.2, -0.15) is 5.10 Å². The van der Waals surface area contributed by atoms with Gasteiger partial charge >= 0.3 is 5.97 Å². The van der Waals surface area contributed by atoms with E-state index in [1.54, 1.807) is 42.6 Å². The van der Waals surface area contributed by atoms with Crippen LogP contribution in [0.25, 0.3) is 10.8 Å². The fourth-order valence-corrected chi connectivity index (χ4v) is 2.53. The largest absolute Gasteiger partial charge is 0.478 e. The van der Waals surface area contributed by atoms with E-state index < -0.39 is 5.97 Å². The number of nitrogens with zero attached hydrogens (tertiary/aromatic N) is 2. The molecular formula is C16H12N2O3S. The molecule has 0 spiro atoms. The highest BCUT2D eigenvalue weighted by atomic mass is 32.1. The maximum atomic E-state index is 12.5. The second-order valence-corrected chi connectivity index (χ2v) is 5.36. The van der Waals surface area contributed by atoms with Crippen molar-refractivity contribution in [3.8, 4) is 0 Å². The number of aromatic carboxylic acids is 1. The lowest BCUT2D eigenvalue weighted by atomic mass is 10.1. The van der Waals surface area contributed by atoms with E-state index in [4.69, 9.17) is 0 Å². The van der Waals surface area contributed by atoms with Gasteiger partial charge in [0, 0.05) is 10.3 Å². The van der Waals surface area contributed by atoms with Gasteiger partial charge in [-0.15, -0.1) is 12.6 Å². The van der Waals surface area contributed by atoms with Crippen molar-refractivity contribution < 1.29 is 9.90 Å². The average Bonchev–Trinajstić information content (AvgIpc) is 2.50. The molecule has 0 saturated carbocycles. The first-order chi connectivity index (χ1) is 10.6. The molecular weight excluding hydrogens is 300 g/mol. The number of hydrogen-bond acceptors (Lipinski definition) is 4. The van der Waals surface area contributed by atoms with Crippen LogP contribution in [0.3, 0.4) is 0 Å². The average molecular weight is 312 g/mol. The van der Waals surface area contributed by atoms with Crippen molar-refractivity contribution in [2.24, 2.45) is 0 Å². The summed E-state index contributed by atoms with van der Waals surface area (Å²) in [6, 6.07) is 11.8. The first kappa shape index (κ1) is 14.3.